The Morgan fingerprint density at radius 3 is 2.80 bits per heavy atom. The van der Waals surface area contributed by atoms with E-state index in [1.54, 1.807) is 0 Å². The van der Waals surface area contributed by atoms with Crippen LogP contribution in [-0.2, 0) is 11.2 Å². The van der Waals surface area contributed by atoms with Crippen LogP contribution >= 0.6 is 27.5 Å². The second kappa shape index (κ2) is 5.19. The third kappa shape index (κ3) is 2.34. The van der Waals surface area contributed by atoms with Crippen LogP contribution in [0.15, 0.2) is 40.9 Å². The number of fused-ring (bicyclic) bond motifs is 1. The summed E-state index contributed by atoms with van der Waals surface area (Å²) in [6.07, 6.45) is 0.721. The number of nitrogens with one attached hydrogen (secondary N) is 1. The van der Waals surface area contributed by atoms with Crippen LogP contribution in [0.2, 0.25) is 5.02 Å². The molecule has 3 rings (SSSR count). The van der Waals surface area contributed by atoms with Gasteiger partial charge in [-0.25, -0.2) is 4.39 Å². The number of carbonyl (C=O) groups excluding carboxylic acids is 1. The molecule has 2 nitrogen and oxygen atoms in total. The average Bonchev–Trinajstić information content (AvgIpc) is 2.35. The summed E-state index contributed by atoms with van der Waals surface area (Å²) in [5, 5.41) is 2.94. The molecule has 0 spiro atoms. The second-order valence-electron chi connectivity index (χ2n) is 4.69. The smallest absolute Gasteiger partial charge is 0.232 e. The molecular weight excluding hydrogens is 345 g/mol. The van der Waals surface area contributed by atoms with Crippen LogP contribution in [0.4, 0.5) is 10.1 Å². The van der Waals surface area contributed by atoms with Crippen molar-refractivity contribution in [2.75, 3.05) is 5.32 Å². The summed E-state index contributed by atoms with van der Waals surface area (Å²) in [5.74, 6) is -0.744. The highest BCUT2D eigenvalue weighted by Crippen LogP contribution is 2.37. The van der Waals surface area contributed by atoms with Gasteiger partial charge < -0.3 is 5.32 Å². The molecule has 1 aliphatic rings. The van der Waals surface area contributed by atoms with Gasteiger partial charge in [0.2, 0.25) is 5.91 Å². The van der Waals surface area contributed by atoms with Crippen molar-refractivity contribution >= 4 is 39.1 Å². The van der Waals surface area contributed by atoms with Gasteiger partial charge in [0.1, 0.15) is 5.82 Å². The first-order chi connectivity index (χ1) is 9.56. The molecule has 0 aromatic heterocycles. The molecule has 1 unspecified atom stereocenters. The standard InChI is InChI=1S/C15H10BrClFNO/c16-12-6-9(18)7-13(17)14(12)19-15(20)11-5-8-3-1-2-4-10(8)11/h1-4,6-7,11H,5H2,(H,19,20). The highest BCUT2D eigenvalue weighted by atomic mass is 79.9. The minimum absolute atomic E-state index is 0.127. The van der Waals surface area contributed by atoms with E-state index < -0.39 is 5.82 Å². The van der Waals surface area contributed by atoms with Crippen LogP contribution < -0.4 is 5.32 Å². The number of amides is 1. The number of hydrogen-bond donors (Lipinski definition) is 1. The molecule has 5 heteroatoms. The maximum atomic E-state index is 13.2. The van der Waals surface area contributed by atoms with Crippen LogP contribution in [-0.4, -0.2) is 5.91 Å². The Labute approximate surface area is 129 Å². The molecule has 1 N–H and O–H groups in total. The Kier molecular flexibility index (Phi) is 3.52. The predicted molar refractivity (Wildman–Crippen MR) is 80.6 cm³/mol. The molecule has 0 fully saturated rings. The zero-order chi connectivity index (χ0) is 14.3. The van der Waals surface area contributed by atoms with E-state index in [0.717, 1.165) is 12.0 Å². The fraction of sp³-hybridized carbons (Fsp3) is 0.133. The molecule has 0 saturated heterocycles. The molecule has 0 heterocycles. The maximum absolute atomic E-state index is 13.2. The summed E-state index contributed by atoms with van der Waals surface area (Å²) in [7, 11) is 0. The van der Waals surface area contributed by atoms with Crippen LogP contribution in [0, 0.1) is 5.82 Å². The Bertz CT molecular complexity index is 681. The molecule has 1 amide bonds. The van der Waals surface area contributed by atoms with Crippen molar-refractivity contribution in [2.24, 2.45) is 0 Å². The van der Waals surface area contributed by atoms with Crippen molar-refractivity contribution < 1.29 is 9.18 Å². The quantitative estimate of drug-likeness (QED) is 0.844. The van der Waals surface area contributed by atoms with Crippen molar-refractivity contribution in [3.63, 3.8) is 0 Å². The van der Waals surface area contributed by atoms with Gasteiger partial charge in [0.05, 0.1) is 16.6 Å². The lowest BCUT2D eigenvalue weighted by Gasteiger charge is -2.29. The van der Waals surface area contributed by atoms with E-state index in [-0.39, 0.29) is 16.8 Å². The Morgan fingerprint density at radius 1 is 1.35 bits per heavy atom. The summed E-state index contributed by atoms with van der Waals surface area (Å²) in [5.41, 5.74) is 2.64. The lowest BCUT2D eigenvalue weighted by molar-refractivity contribution is -0.118. The highest BCUT2D eigenvalue weighted by molar-refractivity contribution is 9.10. The number of halogens is 3. The van der Waals surface area contributed by atoms with Gasteiger partial charge in [0, 0.05) is 4.47 Å². The molecule has 0 bridgehead atoms. The Balaban J connectivity index is 1.82. The van der Waals surface area contributed by atoms with Gasteiger partial charge in [0.25, 0.3) is 0 Å². The van der Waals surface area contributed by atoms with Crippen molar-refractivity contribution in [3.05, 3.63) is 62.8 Å². The Hall–Kier alpha value is -1.39. The van der Waals surface area contributed by atoms with Crippen LogP contribution in [0.3, 0.4) is 0 Å². The number of rotatable bonds is 2. The van der Waals surface area contributed by atoms with E-state index in [1.807, 2.05) is 24.3 Å². The minimum Gasteiger partial charge on any atom is -0.323 e. The number of carbonyl (C=O) groups is 1. The van der Waals surface area contributed by atoms with Gasteiger partial charge in [-0.15, -0.1) is 0 Å². The molecule has 1 aliphatic carbocycles. The molecule has 102 valence electrons. The molecule has 2 aromatic rings. The van der Waals surface area contributed by atoms with Gasteiger partial charge in [-0.3, -0.25) is 4.79 Å². The maximum Gasteiger partial charge on any atom is 0.232 e. The van der Waals surface area contributed by atoms with Crippen molar-refractivity contribution in [1.29, 1.82) is 0 Å². The summed E-state index contributed by atoms with van der Waals surface area (Å²) < 4.78 is 13.6. The average molecular weight is 355 g/mol. The molecular formula is C15H10BrClFNO. The summed E-state index contributed by atoms with van der Waals surface area (Å²) in [6.45, 7) is 0. The zero-order valence-corrected chi connectivity index (χ0v) is 12.6. The van der Waals surface area contributed by atoms with E-state index in [9.17, 15) is 9.18 Å². The molecule has 1 atom stereocenters. The second-order valence-corrected chi connectivity index (χ2v) is 5.95. The third-order valence-electron chi connectivity index (χ3n) is 3.43. The fourth-order valence-corrected chi connectivity index (χ4v) is 3.26. The van der Waals surface area contributed by atoms with Gasteiger partial charge in [0.15, 0.2) is 0 Å². The number of benzene rings is 2. The summed E-state index contributed by atoms with van der Waals surface area (Å²) in [6, 6.07) is 10.3. The lowest BCUT2D eigenvalue weighted by Crippen LogP contribution is -2.30. The van der Waals surface area contributed by atoms with Crippen LogP contribution in [0.1, 0.15) is 17.0 Å². The lowest BCUT2D eigenvalue weighted by atomic mass is 9.77. The van der Waals surface area contributed by atoms with E-state index >= 15 is 0 Å². The van der Waals surface area contributed by atoms with Crippen LogP contribution in [0.5, 0.6) is 0 Å². The first-order valence-corrected chi connectivity index (χ1v) is 7.26. The van der Waals surface area contributed by atoms with Gasteiger partial charge in [-0.1, -0.05) is 35.9 Å². The molecule has 0 saturated carbocycles. The zero-order valence-electron chi connectivity index (χ0n) is 10.3. The Morgan fingerprint density at radius 2 is 2.10 bits per heavy atom. The summed E-state index contributed by atoms with van der Waals surface area (Å²) >= 11 is 9.17. The highest BCUT2D eigenvalue weighted by Gasteiger charge is 2.32. The monoisotopic (exact) mass is 353 g/mol. The van der Waals surface area contributed by atoms with Gasteiger partial charge >= 0.3 is 0 Å². The molecule has 20 heavy (non-hydrogen) atoms. The van der Waals surface area contributed by atoms with E-state index in [1.165, 1.54) is 17.7 Å². The van der Waals surface area contributed by atoms with Crippen LogP contribution in [0.25, 0.3) is 0 Å². The van der Waals surface area contributed by atoms with Crippen molar-refractivity contribution in [2.45, 2.75) is 12.3 Å². The molecule has 2 aromatic carbocycles. The van der Waals surface area contributed by atoms with E-state index in [0.29, 0.717) is 10.2 Å². The van der Waals surface area contributed by atoms with Crippen molar-refractivity contribution in [1.82, 2.24) is 0 Å². The largest absolute Gasteiger partial charge is 0.323 e. The first kappa shape index (κ1) is 13.6. The SMILES string of the molecule is O=C(Nc1c(Cl)cc(F)cc1Br)C1Cc2ccccc21. The number of anilines is 1. The van der Waals surface area contributed by atoms with E-state index in [4.69, 9.17) is 11.6 Å². The normalized spacial score (nSPS) is 16.2. The molecule has 0 aliphatic heterocycles. The predicted octanol–water partition coefficient (Wildman–Crippen LogP) is 4.52. The molecule has 0 radical (unpaired) electrons. The minimum atomic E-state index is -0.450. The van der Waals surface area contributed by atoms with E-state index in [2.05, 4.69) is 21.2 Å². The summed E-state index contributed by atoms with van der Waals surface area (Å²) in [4.78, 5) is 12.3. The number of hydrogen-bond acceptors (Lipinski definition) is 1. The van der Waals surface area contributed by atoms with Gasteiger partial charge in [-0.2, -0.15) is 0 Å². The third-order valence-corrected chi connectivity index (χ3v) is 4.35. The topological polar surface area (TPSA) is 29.1 Å². The van der Waals surface area contributed by atoms with Crippen molar-refractivity contribution in [3.8, 4) is 0 Å². The fourth-order valence-electron chi connectivity index (χ4n) is 2.36. The first-order valence-electron chi connectivity index (χ1n) is 6.09. The van der Waals surface area contributed by atoms with Gasteiger partial charge in [-0.05, 0) is 45.6 Å².